The van der Waals surface area contributed by atoms with Gasteiger partial charge in [0.05, 0.1) is 12.2 Å². The van der Waals surface area contributed by atoms with Crippen LogP contribution in [-0.2, 0) is 11.3 Å². The fraction of sp³-hybridized carbons (Fsp3) is 0.143. The molecule has 2 N–H and O–H groups in total. The number of carbonyl (C=O) groups is 1. The number of rotatable bonds is 5. The Bertz CT molecular complexity index is 570. The highest BCUT2D eigenvalue weighted by Crippen LogP contribution is 2.17. The summed E-state index contributed by atoms with van der Waals surface area (Å²) in [6.07, 6.45) is 1.64. The number of nitrogens with zero attached hydrogens (tertiary/aromatic N) is 1. The lowest BCUT2D eigenvalue weighted by molar-refractivity contribution is -0.115. The molecule has 1 heterocycles. The van der Waals surface area contributed by atoms with Crippen LogP contribution in [0.3, 0.4) is 0 Å². The number of nitrogens with one attached hydrogen (secondary N) is 2. The van der Waals surface area contributed by atoms with Gasteiger partial charge in [0.2, 0.25) is 5.91 Å². The van der Waals surface area contributed by atoms with Gasteiger partial charge in [0.15, 0.2) is 0 Å². The molecule has 4 nitrogen and oxygen atoms in total. The highest BCUT2D eigenvalue weighted by molar-refractivity contribution is 5.92. The second kappa shape index (κ2) is 6.72. The van der Waals surface area contributed by atoms with E-state index in [1.807, 2.05) is 6.07 Å². The molecule has 104 valence electrons. The maximum Gasteiger partial charge on any atom is 0.238 e. The van der Waals surface area contributed by atoms with Gasteiger partial charge in [-0.2, -0.15) is 0 Å². The molecule has 2 rings (SSSR count). The highest BCUT2D eigenvalue weighted by Gasteiger charge is 2.11. The fourth-order valence-electron chi connectivity index (χ4n) is 1.61. The number of halogens is 2. The highest BCUT2D eigenvalue weighted by atomic mass is 19.1. The first kappa shape index (κ1) is 14.1. The molecule has 1 aromatic carbocycles. The Morgan fingerprint density at radius 2 is 1.85 bits per heavy atom. The molecule has 0 unspecified atom stereocenters. The molecule has 1 amide bonds. The van der Waals surface area contributed by atoms with Gasteiger partial charge in [0, 0.05) is 12.7 Å². The van der Waals surface area contributed by atoms with Crippen LogP contribution in [0.4, 0.5) is 14.5 Å². The number of para-hydroxylation sites is 1. The minimum atomic E-state index is -0.803. The van der Waals surface area contributed by atoms with E-state index in [2.05, 4.69) is 15.6 Å². The summed E-state index contributed by atoms with van der Waals surface area (Å²) in [7, 11) is 0. The smallest absolute Gasteiger partial charge is 0.238 e. The van der Waals surface area contributed by atoms with E-state index in [9.17, 15) is 13.6 Å². The summed E-state index contributed by atoms with van der Waals surface area (Å²) in [6.45, 7) is 0.332. The van der Waals surface area contributed by atoms with Crippen LogP contribution in [0.25, 0.3) is 0 Å². The third-order valence-corrected chi connectivity index (χ3v) is 2.55. The van der Waals surface area contributed by atoms with Gasteiger partial charge >= 0.3 is 0 Å². The van der Waals surface area contributed by atoms with E-state index in [0.717, 1.165) is 17.8 Å². The molecule has 0 aliphatic rings. The number of benzene rings is 1. The van der Waals surface area contributed by atoms with Gasteiger partial charge < -0.3 is 10.6 Å². The largest absolute Gasteiger partial charge is 0.320 e. The second-order valence-corrected chi connectivity index (χ2v) is 4.07. The zero-order chi connectivity index (χ0) is 14.4. The van der Waals surface area contributed by atoms with Crippen LogP contribution in [0.5, 0.6) is 0 Å². The molecule has 0 saturated carbocycles. The van der Waals surface area contributed by atoms with Crippen LogP contribution in [0.15, 0.2) is 42.6 Å². The normalized spacial score (nSPS) is 10.3. The lowest BCUT2D eigenvalue weighted by Crippen LogP contribution is -2.28. The Morgan fingerprint density at radius 3 is 2.50 bits per heavy atom. The van der Waals surface area contributed by atoms with E-state index >= 15 is 0 Å². The predicted molar refractivity (Wildman–Crippen MR) is 70.9 cm³/mol. The summed E-state index contributed by atoms with van der Waals surface area (Å²) >= 11 is 0. The number of amides is 1. The molecule has 0 saturated heterocycles. The van der Waals surface area contributed by atoms with Crippen molar-refractivity contribution in [2.24, 2.45) is 0 Å². The first-order chi connectivity index (χ1) is 9.66. The number of carbonyl (C=O) groups excluding carboxylic acids is 1. The minimum Gasteiger partial charge on any atom is -0.320 e. The van der Waals surface area contributed by atoms with Gasteiger partial charge in [-0.15, -0.1) is 0 Å². The van der Waals surface area contributed by atoms with E-state index in [1.54, 1.807) is 18.3 Å². The van der Waals surface area contributed by atoms with Crippen LogP contribution in [0.1, 0.15) is 5.69 Å². The Morgan fingerprint density at radius 1 is 1.10 bits per heavy atom. The van der Waals surface area contributed by atoms with Crippen LogP contribution in [0, 0.1) is 11.6 Å². The molecular weight excluding hydrogens is 264 g/mol. The van der Waals surface area contributed by atoms with E-state index in [0.29, 0.717) is 6.54 Å². The zero-order valence-corrected chi connectivity index (χ0v) is 10.6. The molecule has 0 radical (unpaired) electrons. The predicted octanol–water partition coefficient (Wildman–Crippen LogP) is 2.09. The molecule has 0 aliphatic carbocycles. The average molecular weight is 277 g/mol. The number of anilines is 1. The molecule has 0 aliphatic heterocycles. The number of aromatic nitrogens is 1. The Balaban J connectivity index is 1.84. The van der Waals surface area contributed by atoms with Gasteiger partial charge in [0.25, 0.3) is 0 Å². The SMILES string of the molecule is O=C(CNCc1ccccn1)Nc1c(F)cccc1F. The van der Waals surface area contributed by atoms with Crippen molar-refractivity contribution in [3.05, 3.63) is 59.9 Å². The third kappa shape index (κ3) is 3.83. The van der Waals surface area contributed by atoms with Crippen molar-refractivity contribution in [3.63, 3.8) is 0 Å². The number of hydrogen-bond donors (Lipinski definition) is 2. The van der Waals surface area contributed by atoms with Gasteiger partial charge in [-0.25, -0.2) is 8.78 Å². The number of hydrogen-bond acceptors (Lipinski definition) is 3. The Hall–Kier alpha value is -2.34. The summed E-state index contributed by atoms with van der Waals surface area (Å²) in [5.41, 5.74) is 0.342. The Labute approximate surface area is 114 Å². The summed E-state index contributed by atoms with van der Waals surface area (Å²) in [6, 6.07) is 8.83. The van der Waals surface area contributed by atoms with E-state index in [4.69, 9.17) is 0 Å². The summed E-state index contributed by atoms with van der Waals surface area (Å²) < 4.78 is 26.6. The molecule has 0 atom stereocenters. The molecular formula is C14H13F2N3O. The lowest BCUT2D eigenvalue weighted by atomic mass is 10.3. The maximum atomic E-state index is 13.3. The molecule has 0 spiro atoms. The first-order valence-corrected chi connectivity index (χ1v) is 6.01. The minimum absolute atomic E-state index is 0.0651. The molecule has 2 aromatic rings. The molecule has 6 heteroatoms. The van der Waals surface area contributed by atoms with Gasteiger partial charge in [0.1, 0.15) is 17.3 Å². The monoisotopic (exact) mass is 277 g/mol. The van der Waals surface area contributed by atoms with Gasteiger partial charge in [-0.3, -0.25) is 9.78 Å². The van der Waals surface area contributed by atoms with Crippen LogP contribution >= 0.6 is 0 Å². The molecule has 0 bridgehead atoms. The summed E-state index contributed by atoms with van der Waals surface area (Å²) in [5, 5.41) is 5.03. The van der Waals surface area contributed by atoms with Crippen molar-refractivity contribution < 1.29 is 13.6 Å². The second-order valence-electron chi connectivity index (χ2n) is 4.07. The fourth-order valence-corrected chi connectivity index (χ4v) is 1.61. The topological polar surface area (TPSA) is 54.0 Å². The van der Waals surface area contributed by atoms with Crippen molar-refractivity contribution in [1.29, 1.82) is 0 Å². The van der Waals surface area contributed by atoms with Gasteiger partial charge in [-0.05, 0) is 24.3 Å². The number of pyridine rings is 1. The summed E-state index contributed by atoms with van der Waals surface area (Å²) in [5.74, 6) is -2.13. The molecule has 20 heavy (non-hydrogen) atoms. The third-order valence-electron chi connectivity index (χ3n) is 2.55. The van der Waals surface area contributed by atoms with E-state index in [1.165, 1.54) is 6.07 Å². The first-order valence-electron chi connectivity index (χ1n) is 6.01. The standard InChI is InChI=1S/C14H13F2N3O/c15-11-5-3-6-12(16)14(11)19-13(20)9-17-8-10-4-1-2-7-18-10/h1-7,17H,8-9H2,(H,19,20). The lowest BCUT2D eigenvalue weighted by Gasteiger charge is -2.08. The van der Waals surface area contributed by atoms with E-state index in [-0.39, 0.29) is 6.54 Å². The Kier molecular flexibility index (Phi) is 4.73. The van der Waals surface area contributed by atoms with Crippen molar-refractivity contribution in [2.75, 3.05) is 11.9 Å². The van der Waals surface area contributed by atoms with Gasteiger partial charge in [-0.1, -0.05) is 12.1 Å². The van der Waals surface area contributed by atoms with Crippen LogP contribution in [0.2, 0.25) is 0 Å². The van der Waals surface area contributed by atoms with Crippen LogP contribution < -0.4 is 10.6 Å². The van der Waals surface area contributed by atoms with E-state index < -0.39 is 23.2 Å². The summed E-state index contributed by atoms with van der Waals surface area (Å²) in [4.78, 5) is 15.7. The van der Waals surface area contributed by atoms with Crippen molar-refractivity contribution in [3.8, 4) is 0 Å². The van der Waals surface area contributed by atoms with Crippen LogP contribution in [-0.4, -0.2) is 17.4 Å². The van der Waals surface area contributed by atoms with Crippen molar-refractivity contribution >= 4 is 11.6 Å². The quantitative estimate of drug-likeness (QED) is 0.880. The average Bonchev–Trinajstić information content (AvgIpc) is 2.44. The molecule has 0 fully saturated rings. The van der Waals surface area contributed by atoms with Crippen molar-refractivity contribution in [1.82, 2.24) is 10.3 Å². The zero-order valence-electron chi connectivity index (χ0n) is 10.6. The van der Waals surface area contributed by atoms with Crippen molar-refractivity contribution in [2.45, 2.75) is 6.54 Å². The molecule has 1 aromatic heterocycles. The maximum absolute atomic E-state index is 13.3.